The van der Waals surface area contributed by atoms with Crippen LogP contribution in [0.1, 0.15) is 31.9 Å². The van der Waals surface area contributed by atoms with Crippen LogP contribution in [0.2, 0.25) is 5.02 Å². The summed E-state index contributed by atoms with van der Waals surface area (Å²) in [5, 5.41) is 3.44. The fourth-order valence-corrected chi connectivity index (χ4v) is 2.84. The molecule has 1 atom stereocenters. The molecule has 0 aliphatic heterocycles. The molecule has 1 unspecified atom stereocenters. The van der Waals surface area contributed by atoms with Crippen LogP contribution >= 0.6 is 11.6 Å². The molecule has 1 N–H and O–H groups in total. The second kappa shape index (κ2) is 9.25. The first-order valence-electron chi connectivity index (χ1n) is 8.38. The summed E-state index contributed by atoms with van der Waals surface area (Å²) in [6, 6.07) is 14.7. The van der Waals surface area contributed by atoms with Gasteiger partial charge >= 0.3 is 0 Å². The van der Waals surface area contributed by atoms with Crippen molar-refractivity contribution in [3.05, 3.63) is 59.1 Å². The quantitative estimate of drug-likeness (QED) is 0.797. The molecule has 2 aromatic rings. The number of hydrogen-bond acceptors (Lipinski definition) is 3. The first-order valence-corrected chi connectivity index (χ1v) is 8.76. The van der Waals surface area contributed by atoms with E-state index in [1.807, 2.05) is 37.3 Å². The third kappa shape index (κ3) is 5.23. The van der Waals surface area contributed by atoms with E-state index in [2.05, 4.69) is 5.32 Å². The Balaban J connectivity index is 2.04. The van der Waals surface area contributed by atoms with Gasteiger partial charge < -0.3 is 15.0 Å². The van der Waals surface area contributed by atoms with Gasteiger partial charge in [-0.15, -0.1) is 0 Å². The summed E-state index contributed by atoms with van der Waals surface area (Å²) in [4.78, 5) is 25.9. The molecule has 6 heteroatoms. The Labute approximate surface area is 158 Å². The zero-order valence-corrected chi connectivity index (χ0v) is 15.9. The first kappa shape index (κ1) is 19.8. The molecule has 0 heterocycles. The van der Waals surface area contributed by atoms with Gasteiger partial charge in [-0.2, -0.15) is 0 Å². The van der Waals surface area contributed by atoms with Crippen molar-refractivity contribution in [2.75, 3.05) is 18.6 Å². The van der Waals surface area contributed by atoms with E-state index in [0.717, 1.165) is 5.56 Å². The van der Waals surface area contributed by atoms with Crippen molar-refractivity contribution >= 4 is 29.1 Å². The lowest BCUT2D eigenvalue weighted by Gasteiger charge is -2.24. The highest BCUT2D eigenvalue weighted by molar-refractivity contribution is 6.31. The van der Waals surface area contributed by atoms with Crippen molar-refractivity contribution in [3.63, 3.8) is 0 Å². The Morgan fingerprint density at radius 3 is 2.50 bits per heavy atom. The summed E-state index contributed by atoms with van der Waals surface area (Å²) in [6.45, 7) is 3.61. The topological polar surface area (TPSA) is 58.6 Å². The molecule has 0 aliphatic rings. The van der Waals surface area contributed by atoms with E-state index in [9.17, 15) is 9.59 Å². The number of rotatable bonds is 7. The molecule has 2 rings (SSSR count). The molecular formula is C20H23ClN2O3. The number of benzene rings is 2. The predicted octanol–water partition coefficient (Wildman–Crippen LogP) is 3.97. The molecule has 0 saturated carbocycles. The number of anilines is 1. The molecule has 138 valence electrons. The van der Waals surface area contributed by atoms with Gasteiger partial charge in [0.05, 0.1) is 18.8 Å². The Kier molecular flexibility index (Phi) is 7.04. The van der Waals surface area contributed by atoms with E-state index in [-0.39, 0.29) is 30.8 Å². The molecule has 2 amide bonds. The van der Waals surface area contributed by atoms with Crippen molar-refractivity contribution in [2.24, 2.45) is 0 Å². The largest absolute Gasteiger partial charge is 0.495 e. The Bertz CT molecular complexity index is 765. The minimum atomic E-state index is -0.186. The summed E-state index contributed by atoms with van der Waals surface area (Å²) < 4.78 is 5.31. The van der Waals surface area contributed by atoms with Crippen molar-refractivity contribution in [2.45, 2.75) is 26.3 Å². The zero-order valence-electron chi connectivity index (χ0n) is 15.2. The average molecular weight is 375 g/mol. The maximum absolute atomic E-state index is 12.3. The third-order valence-electron chi connectivity index (χ3n) is 4.05. The first-order chi connectivity index (χ1) is 12.4. The summed E-state index contributed by atoms with van der Waals surface area (Å²) in [5.74, 6) is 0.214. The number of amides is 2. The van der Waals surface area contributed by atoms with Crippen LogP contribution in [-0.2, 0) is 9.59 Å². The van der Waals surface area contributed by atoms with Gasteiger partial charge in [0.15, 0.2) is 0 Å². The lowest BCUT2D eigenvalue weighted by atomic mass is 10.1. The van der Waals surface area contributed by atoms with Gasteiger partial charge in [-0.05, 0) is 30.7 Å². The minimum Gasteiger partial charge on any atom is -0.495 e. The fraction of sp³-hybridized carbons (Fsp3) is 0.300. The molecular weight excluding hydrogens is 352 g/mol. The number of halogens is 1. The lowest BCUT2D eigenvalue weighted by Crippen LogP contribution is -2.34. The number of methoxy groups -OCH3 is 1. The molecule has 0 bridgehead atoms. The average Bonchev–Trinajstić information content (AvgIpc) is 2.62. The van der Waals surface area contributed by atoms with E-state index in [4.69, 9.17) is 16.3 Å². The number of carbonyl (C=O) groups excluding carboxylic acids is 2. The summed E-state index contributed by atoms with van der Waals surface area (Å²) in [6.07, 6.45) is 0.173. The van der Waals surface area contributed by atoms with Crippen LogP contribution in [0.15, 0.2) is 48.5 Å². The van der Waals surface area contributed by atoms with Crippen LogP contribution in [0.4, 0.5) is 5.69 Å². The van der Waals surface area contributed by atoms with Crippen molar-refractivity contribution in [1.29, 1.82) is 0 Å². The second-order valence-electron chi connectivity index (χ2n) is 5.94. The highest BCUT2D eigenvalue weighted by atomic mass is 35.5. The molecule has 26 heavy (non-hydrogen) atoms. The number of hydrogen-bond donors (Lipinski definition) is 1. The maximum Gasteiger partial charge on any atom is 0.223 e. The normalized spacial score (nSPS) is 11.5. The minimum absolute atomic E-state index is 0.102. The third-order valence-corrected chi connectivity index (χ3v) is 4.29. The standard InChI is InChI=1S/C20H23ClN2O3/c1-14(16-7-5-4-6-8-16)22-20(25)11-12-23(15(2)24)18-13-17(21)9-10-19(18)26-3/h4-10,13-14H,11-12H2,1-3H3,(H,22,25). The highest BCUT2D eigenvalue weighted by Gasteiger charge is 2.18. The lowest BCUT2D eigenvalue weighted by molar-refractivity contribution is -0.121. The van der Waals surface area contributed by atoms with Crippen molar-refractivity contribution in [3.8, 4) is 5.75 Å². The van der Waals surface area contributed by atoms with E-state index < -0.39 is 0 Å². The van der Waals surface area contributed by atoms with Crippen molar-refractivity contribution < 1.29 is 14.3 Å². The number of carbonyl (C=O) groups is 2. The number of nitrogens with one attached hydrogen (secondary N) is 1. The molecule has 0 saturated heterocycles. The van der Waals surface area contributed by atoms with Crippen LogP contribution < -0.4 is 15.0 Å². The second-order valence-corrected chi connectivity index (χ2v) is 6.37. The van der Waals surface area contributed by atoms with Gasteiger partial charge in [-0.25, -0.2) is 0 Å². The van der Waals surface area contributed by atoms with Crippen LogP contribution in [0.3, 0.4) is 0 Å². The van der Waals surface area contributed by atoms with Gasteiger partial charge in [0.2, 0.25) is 11.8 Å². The smallest absolute Gasteiger partial charge is 0.223 e. The molecule has 5 nitrogen and oxygen atoms in total. The fourth-order valence-electron chi connectivity index (χ4n) is 2.67. The molecule has 2 aromatic carbocycles. The zero-order chi connectivity index (χ0) is 19.1. The Morgan fingerprint density at radius 2 is 1.88 bits per heavy atom. The molecule has 0 fully saturated rings. The number of ether oxygens (including phenoxy) is 1. The molecule has 0 radical (unpaired) electrons. The van der Waals surface area contributed by atoms with Gasteiger partial charge in [-0.3, -0.25) is 9.59 Å². The Morgan fingerprint density at radius 1 is 1.19 bits per heavy atom. The van der Waals surface area contributed by atoms with Crippen LogP contribution in [0.25, 0.3) is 0 Å². The van der Waals surface area contributed by atoms with E-state index in [1.165, 1.54) is 18.9 Å². The summed E-state index contributed by atoms with van der Waals surface area (Å²) >= 11 is 6.05. The van der Waals surface area contributed by atoms with Gasteiger partial charge in [0.1, 0.15) is 5.75 Å². The predicted molar refractivity (Wildman–Crippen MR) is 104 cm³/mol. The van der Waals surface area contributed by atoms with Gasteiger partial charge in [0, 0.05) is 24.9 Å². The van der Waals surface area contributed by atoms with E-state index in [1.54, 1.807) is 18.2 Å². The van der Waals surface area contributed by atoms with Gasteiger partial charge in [-0.1, -0.05) is 41.9 Å². The van der Waals surface area contributed by atoms with E-state index in [0.29, 0.717) is 16.5 Å². The van der Waals surface area contributed by atoms with E-state index >= 15 is 0 Å². The monoisotopic (exact) mass is 374 g/mol. The molecule has 0 aliphatic carbocycles. The maximum atomic E-state index is 12.3. The summed E-state index contributed by atoms with van der Waals surface area (Å²) in [7, 11) is 1.53. The molecule has 0 spiro atoms. The highest BCUT2D eigenvalue weighted by Crippen LogP contribution is 2.31. The van der Waals surface area contributed by atoms with Crippen LogP contribution in [0, 0.1) is 0 Å². The van der Waals surface area contributed by atoms with Gasteiger partial charge in [0.25, 0.3) is 0 Å². The SMILES string of the molecule is COc1ccc(Cl)cc1N(CCC(=O)NC(C)c1ccccc1)C(C)=O. The number of nitrogens with zero attached hydrogens (tertiary/aromatic N) is 1. The van der Waals surface area contributed by atoms with Crippen LogP contribution in [0.5, 0.6) is 5.75 Å². The molecule has 0 aromatic heterocycles. The van der Waals surface area contributed by atoms with Crippen molar-refractivity contribution in [1.82, 2.24) is 5.32 Å². The Hall–Kier alpha value is -2.53. The summed E-state index contributed by atoms with van der Waals surface area (Å²) in [5.41, 5.74) is 1.58. The van der Waals surface area contributed by atoms with Crippen LogP contribution in [-0.4, -0.2) is 25.5 Å².